The Hall–Kier alpha value is -0.130. The summed E-state index contributed by atoms with van der Waals surface area (Å²) >= 11 is 0. The van der Waals surface area contributed by atoms with Crippen LogP contribution in [0.15, 0.2) is 0 Å². The number of rotatable bonds is 2. The molecule has 0 spiro atoms. The minimum Gasteiger partial charge on any atom is -0.389 e. The Morgan fingerprint density at radius 2 is 1.75 bits per heavy atom. The van der Waals surface area contributed by atoms with Gasteiger partial charge in [0.2, 0.25) is 10.0 Å². The summed E-state index contributed by atoms with van der Waals surface area (Å²) in [4.78, 5) is 0. The zero-order valence-corrected chi connectivity index (χ0v) is 10.5. The molecule has 0 unspecified atom stereocenters. The highest BCUT2D eigenvalue weighted by atomic mass is 32.2. The molecule has 0 bridgehead atoms. The molecule has 94 valence electrons. The van der Waals surface area contributed by atoms with E-state index in [2.05, 4.69) is 0 Å². The van der Waals surface area contributed by atoms with E-state index in [1.807, 2.05) is 0 Å². The molecule has 2 fully saturated rings. The first-order valence-corrected chi connectivity index (χ1v) is 7.83. The molecule has 0 aromatic heterocycles. The van der Waals surface area contributed by atoms with E-state index in [0.29, 0.717) is 13.1 Å². The van der Waals surface area contributed by atoms with E-state index in [9.17, 15) is 13.5 Å². The monoisotopic (exact) mass is 247 g/mol. The summed E-state index contributed by atoms with van der Waals surface area (Å²) < 4.78 is 25.1. The molecule has 2 rings (SSSR count). The topological polar surface area (TPSA) is 57.6 Å². The second-order valence-electron chi connectivity index (χ2n) is 5.14. The van der Waals surface area contributed by atoms with Gasteiger partial charge in [-0.05, 0) is 25.7 Å². The van der Waals surface area contributed by atoms with Crippen LogP contribution in [0.1, 0.15) is 44.9 Å². The van der Waals surface area contributed by atoms with Gasteiger partial charge in [-0.25, -0.2) is 8.42 Å². The predicted octanol–water partition coefficient (Wildman–Crippen LogP) is 1.11. The molecular formula is C11H21NO3S. The number of β-amino-alcohol motifs (C(OH)–C–C–N with tert-alkyl or cyclic N) is 1. The molecule has 1 aliphatic heterocycles. The van der Waals surface area contributed by atoms with Crippen LogP contribution in [0.3, 0.4) is 0 Å². The van der Waals surface area contributed by atoms with Crippen molar-refractivity contribution in [3.8, 4) is 0 Å². The molecule has 1 saturated carbocycles. The zero-order valence-electron chi connectivity index (χ0n) is 9.69. The van der Waals surface area contributed by atoms with Crippen molar-refractivity contribution in [2.45, 2.75) is 50.5 Å². The predicted molar refractivity (Wildman–Crippen MR) is 62.6 cm³/mol. The number of hydrogen-bond donors (Lipinski definition) is 1. The van der Waals surface area contributed by atoms with Crippen LogP contribution < -0.4 is 0 Å². The van der Waals surface area contributed by atoms with Gasteiger partial charge in [-0.15, -0.1) is 0 Å². The Morgan fingerprint density at radius 3 is 2.38 bits per heavy atom. The highest BCUT2D eigenvalue weighted by Gasteiger charge is 2.36. The Kier molecular flexibility index (Phi) is 3.56. The van der Waals surface area contributed by atoms with Gasteiger partial charge < -0.3 is 5.11 Å². The number of sulfonamides is 1. The maximum absolute atomic E-state index is 11.8. The van der Waals surface area contributed by atoms with Gasteiger partial charge in [-0.3, -0.25) is 0 Å². The molecular weight excluding hydrogens is 226 g/mol. The number of nitrogens with zero attached hydrogens (tertiary/aromatic N) is 1. The van der Waals surface area contributed by atoms with Gasteiger partial charge in [-0.2, -0.15) is 4.31 Å². The van der Waals surface area contributed by atoms with Gasteiger partial charge in [0.25, 0.3) is 0 Å². The summed E-state index contributed by atoms with van der Waals surface area (Å²) in [6.45, 7) is 0.903. The third-order valence-corrected chi connectivity index (χ3v) is 5.61. The van der Waals surface area contributed by atoms with E-state index < -0.39 is 15.6 Å². The minimum absolute atomic E-state index is 0.253. The highest BCUT2D eigenvalue weighted by molar-refractivity contribution is 7.89. The molecule has 1 heterocycles. The van der Waals surface area contributed by atoms with E-state index in [0.717, 1.165) is 44.9 Å². The van der Waals surface area contributed by atoms with Crippen molar-refractivity contribution in [1.82, 2.24) is 4.31 Å². The quantitative estimate of drug-likeness (QED) is 0.795. The fraction of sp³-hybridized carbons (Fsp3) is 1.00. The lowest BCUT2D eigenvalue weighted by Gasteiger charge is -2.37. The van der Waals surface area contributed by atoms with Crippen molar-refractivity contribution in [3.63, 3.8) is 0 Å². The molecule has 4 nitrogen and oxygen atoms in total. The van der Waals surface area contributed by atoms with Gasteiger partial charge in [0, 0.05) is 13.1 Å². The van der Waals surface area contributed by atoms with E-state index >= 15 is 0 Å². The summed E-state index contributed by atoms with van der Waals surface area (Å²) in [6.07, 6.45) is 6.38. The summed E-state index contributed by atoms with van der Waals surface area (Å²) in [7, 11) is -3.09. The molecule has 1 N–H and O–H groups in total. The maximum atomic E-state index is 11.8. The molecule has 0 aromatic carbocycles. The van der Waals surface area contributed by atoms with Crippen LogP contribution >= 0.6 is 0 Å². The summed E-state index contributed by atoms with van der Waals surface area (Å²) in [5, 5.41) is 10.3. The van der Waals surface area contributed by atoms with Crippen LogP contribution in [0.2, 0.25) is 0 Å². The van der Waals surface area contributed by atoms with Crippen molar-refractivity contribution in [2.24, 2.45) is 0 Å². The molecule has 1 saturated heterocycles. The lowest BCUT2D eigenvalue weighted by atomic mass is 9.85. The fourth-order valence-corrected chi connectivity index (χ4v) is 4.39. The summed E-state index contributed by atoms with van der Waals surface area (Å²) in [6, 6.07) is 0. The first kappa shape index (κ1) is 12.3. The van der Waals surface area contributed by atoms with Gasteiger partial charge >= 0.3 is 0 Å². The summed E-state index contributed by atoms with van der Waals surface area (Å²) in [5.41, 5.74) is -0.761. The van der Waals surface area contributed by atoms with Crippen LogP contribution in [0.25, 0.3) is 0 Å². The van der Waals surface area contributed by atoms with E-state index in [4.69, 9.17) is 0 Å². The average molecular weight is 247 g/mol. The van der Waals surface area contributed by atoms with E-state index in [1.165, 1.54) is 4.31 Å². The first-order chi connectivity index (χ1) is 7.52. The Labute approximate surface area is 97.7 Å². The zero-order chi connectivity index (χ0) is 11.6. The standard InChI is InChI=1S/C11H21NO3S/c13-11(6-2-1-3-7-11)10-12-8-4-5-9-16(12,14)15/h13H,1-10H2. The highest BCUT2D eigenvalue weighted by Crippen LogP contribution is 2.30. The Morgan fingerprint density at radius 1 is 1.06 bits per heavy atom. The van der Waals surface area contributed by atoms with Gasteiger partial charge in [0.15, 0.2) is 0 Å². The first-order valence-electron chi connectivity index (χ1n) is 6.22. The molecule has 16 heavy (non-hydrogen) atoms. The summed E-state index contributed by atoms with van der Waals surface area (Å²) in [5.74, 6) is 0.253. The van der Waals surface area contributed by atoms with Gasteiger partial charge in [-0.1, -0.05) is 19.3 Å². The second-order valence-corrected chi connectivity index (χ2v) is 7.23. The van der Waals surface area contributed by atoms with Crippen molar-refractivity contribution < 1.29 is 13.5 Å². The average Bonchev–Trinajstić information content (AvgIpc) is 2.22. The van der Waals surface area contributed by atoms with Crippen molar-refractivity contribution in [3.05, 3.63) is 0 Å². The lowest BCUT2D eigenvalue weighted by Crippen LogP contribution is -2.49. The van der Waals surface area contributed by atoms with E-state index in [-0.39, 0.29) is 5.75 Å². The van der Waals surface area contributed by atoms with Crippen LogP contribution in [0.4, 0.5) is 0 Å². The largest absolute Gasteiger partial charge is 0.389 e. The normalized spacial score (nSPS) is 30.1. The number of hydrogen-bond acceptors (Lipinski definition) is 3. The fourth-order valence-electron chi connectivity index (χ4n) is 2.71. The van der Waals surface area contributed by atoms with Crippen LogP contribution in [0.5, 0.6) is 0 Å². The molecule has 0 atom stereocenters. The van der Waals surface area contributed by atoms with Gasteiger partial charge in [0.05, 0.1) is 11.4 Å². The van der Waals surface area contributed by atoms with Crippen molar-refractivity contribution >= 4 is 10.0 Å². The Bertz CT molecular complexity index is 333. The second kappa shape index (κ2) is 4.63. The third-order valence-electron chi connectivity index (χ3n) is 3.71. The molecule has 0 radical (unpaired) electrons. The van der Waals surface area contributed by atoms with Gasteiger partial charge in [0.1, 0.15) is 0 Å². The molecule has 1 aliphatic carbocycles. The smallest absolute Gasteiger partial charge is 0.214 e. The van der Waals surface area contributed by atoms with Crippen LogP contribution in [-0.2, 0) is 10.0 Å². The van der Waals surface area contributed by atoms with Crippen LogP contribution in [0, 0.1) is 0 Å². The van der Waals surface area contributed by atoms with Crippen molar-refractivity contribution in [1.29, 1.82) is 0 Å². The lowest BCUT2D eigenvalue weighted by molar-refractivity contribution is -0.0112. The van der Waals surface area contributed by atoms with Crippen LogP contribution in [-0.4, -0.2) is 42.3 Å². The van der Waals surface area contributed by atoms with Crippen molar-refractivity contribution in [2.75, 3.05) is 18.8 Å². The molecule has 0 amide bonds. The minimum atomic E-state index is -3.09. The molecule has 5 heteroatoms. The maximum Gasteiger partial charge on any atom is 0.214 e. The molecule has 0 aromatic rings. The third kappa shape index (κ3) is 2.76. The molecule has 2 aliphatic rings. The number of aliphatic hydroxyl groups is 1. The SMILES string of the molecule is O=S1(=O)CCCCN1CC1(O)CCCCC1. The van der Waals surface area contributed by atoms with E-state index in [1.54, 1.807) is 0 Å². The Balaban J connectivity index is 2.02.